The Bertz CT molecular complexity index is 788. The van der Waals surface area contributed by atoms with Crippen molar-refractivity contribution in [3.63, 3.8) is 0 Å². The molecule has 1 amide bonds. The van der Waals surface area contributed by atoms with Gasteiger partial charge in [-0.05, 0) is 29.8 Å². The number of ether oxygens (including phenoxy) is 3. The van der Waals surface area contributed by atoms with Gasteiger partial charge in [0, 0.05) is 12.5 Å². The van der Waals surface area contributed by atoms with Crippen LogP contribution in [-0.4, -0.2) is 51.7 Å². The van der Waals surface area contributed by atoms with Gasteiger partial charge in [0.1, 0.15) is 6.61 Å². The van der Waals surface area contributed by atoms with Crippen molar-refractivity contribution < 1.29 is 28.5 Å². The molecule has 1 N–H and O–H groups in total. The fraction of sp³-hybridized carbons (Fsp3) is 0.571. The van der Waals surface area contributed by atoms with E-state index in [0.717, 1.165) is 5.56 Å². The Morgan fingerprint density at radius 3 is 2.62 bits per heavy atom. The zero-order valence-electron chi connectivity index (χ0n) is 17.9. The van der Waals surface area contributed by atoms with Gasteiger partial charge in [-0.15, -0.1) is 0 Å². The second kappa shape index (κ2) is 8.01. The molecule has 2 aliphatic heterocycles. The van der Waals surface area contributed by atoms with Crippen molar-refractivity contribution in [1.82, 2.24) is 0 Å². The molecule has 0 saturated heterocycles. The van der Waals surface area contributed by atoms with Gasteiger partial charge in [0.15, 0.2) is 19.8 Å². The molecule has 0 spiro atoms. The van der Waals surface area contributed by atoms with Gasteiger partial charge in [-0.25, -0.2) is 4.79 Å². The molecule has 1 aromatic rings. The number of aliphatic hydroxyl groups excluding tert-OH is 1. The topological polar surface area (TPSA) is 77.5 Å². The molecule has 160 valence electrons. The zero-order chi connectivity index (χ0) is 21.4. The van der Waals surface area contributed by atoms with Crippen molar-refractivity contribution in [2.24, 2.45) is 0 Å². The van der Waals surface area contributed by atoms with Gasteiger partial charge in [-0.3, -0.25) is 4.90 Å². The van der Waals surface area contributed by atoms with E-state index in [1.807, 2.05) is 6.07 Å². The van der Waals surface area contributed by atoms with Crippen molar-refractivity contribution in [3.05, 3.63) is 30.4 Å². The quantitative estimate of drug-likeness (QED) is 0.575. The Hall–Kier alpha value is -2.03. The predicted molar refractivity (Wildman–Crippen MR) is 113 cm³/mol. The first-order chi connectivity index (χ1) is 13.5. The minimum absolute atomic E-state index is 0.0186. The Morgan fingerprint density at radius 2 is 2.00 bits per heavy atom. The van der Waals surface area contributed by atoms with Crippen LogP contribution in [0.1, 0.15) is 26.3 Å². The summed E-state index contributed by atoms with van der Waals surface area (Å²) in [6, 6.07) is 3.03. The van der Waals surface area contributed by atoms with Gasteiger partial charge in [0.2, 0.25) is 6.79 Å². The highest BCUT2D eigenvalue weighted by molar-refractivity contribution is 6.74. The van der Waals surface area contributed by atoms with E-state index in [-0.39, 0.29) is 25.0 Å². The summed E-state index contributed by atoms with van der Waals surface area (Å²) in [7, 11) is -2.07. The minimum Gasteiger partial charge on any atom is -0.454 e. The molecule has 3 rings (SSSR count). The maximum atomic E-state index is 12.9. The van der Waals surface area contributed by atoms with Crippen LogP contribution in [0.3, 0.4) is 0 Å². The average Bonchev–Trinajstić information content (AvgIpc) is 3.08. The van der Waals surface area contributed by atoms with E-state index in [4.69, 9.17) is 18.6 Å². The highest BCUT2D eigenvalue weighted by Crippen LogP contribution is 2.43. The number of nitrogens with zero attached hydrogens (tertiary/aromatic N) is 1. The summed E-state index contributed by atoms with van der Waals surface area (Å²) in [6.45, 7) is 14.8. The molecular formula is C21H31NO6Si. The van der Waals surface area contributed by atoms with Crippen molar-refractivity contribution in [1.29, 1.82) is 0 Å². The summed E-state index contributed by atoms with van der Waals surface area (Å²) in [5.74, 6) is 1.19. The van der Waals surface area contributed by atoms with Crippen molar-refractivity contribution in [3.8, 4) is 11.5 Å². The number of rotatable bonds is 5. The molecular weight excluding hydrogens is 390 g/mol. The van der Waals surface area contributed by atoms with Crippen LogP contribution in [-0.2, 0) is 15.6 Å². The monoisotopic (exact) mass is 421 g/mol. The Labute approximate surface area is 173 Å². The number of anilines is 1. The second-order valence-electron chi connectivity index (χ2n) is 8.98. The molecule has 8 heteroatoms. The summed E-state index contributed by atoms with van der Waals surface area (Å²) in [5, 5.41) is 10.9. The zero-order valence-corrected chi connectivity index (χ0v) is 18.9. The van der Waals surface area contributed by atoms with E-state index >= 15 is 0 Å². The SMILES string of the molecule is C=CCOC(=O)N1c2cc3c(cc2C[C@H](O)[C@H]1CO[Si](C)(C)C(C)(C)C)OCO3. The van der Waals surface area contributed by atoms with Crippen molar-refractivity contribution in [2.75, 3.05) is 24.9 Å². The molecule has 0 bridgehead atoms. The van der Waals surface area contributed by atoms with Gasteiger partial charge >= 0.3 is 6.09 Å². The number of carbonyl (C=O) groups is 1. The summed E-state index contributed by atoms with van der Waals surface area (Å²) >= 11 is 0. The van der Waals surface area contributed by atoms with Crippen molar-refractivity contribution >= 4 is 20.1 Å². The summed E-state index contributed by atoms with van der Waals surface area (Å²) in [6.07, 6.45) is 0.569. The van der Waals surface area contributed by atoms with Crippen LogP contribution in [0, 0.1) is 0 Å². The van der Waals surface area contributed by atoms with Crippen molar-refractivity contribution in [2.45, 2.75) is 57.5 Å². The van der Waals surface area contributed by atoms with E-state index < -0.39 is 26.6 Å². The smallest absolute Gasteiger partial charge is 0.415 e. The van der Waals surface area contributed by atoms with E-state index in [2.05, 4.69) is 40.4 Å². The lowest BCUT2D eigenvalue weighted by Gasteiger charge is -2.42. The third-order valence-corrected chi connectivity index (χ3v) is 10.5. The fourth-order valence-electron chi connectivity index (χ4n) is 3.20. The summed E-state index contributed by atoms with van der Waals surface area (Å²) < 4.78 is 22.6. The molecule has 0 aromatic heterocycles. The van der Waals surface area contributed by atoms with Crippen LogP contribution >= 0.6 is 0 Å². The first-order valence-electron chi connectivity index (χ1n) is 9.86. The molecule has 2 aliphatic rings. The van der Waals surface area contributed by atoms with Crippen LogP contribution in [0.15, 0.2) is 24.8 Å². The van der Waals surface area contributed by atoms with Crippen LogP contribution in [0.2, 0.25) is 18.1 Å². The molecule has 0 aliphatic carbocycles. The molecule has 2 heterocycles. The highest BCUT2D eigenvalue weighted by atomic mass is 28.4. The Morgan fingerprint density at radius 1 is 1.34 bits per heavy atom. The fourth-order valence-corrected chi connectivity index (χ4v) is 4.22. The molecule has 0 fully saturated rings. The average molecular weight is 422 g/mol. The molecule has 1 aromatic carbocycles. The van der Waals surface area contributed by atoms with E-state index in [1.54, 1.807) is 6.07 Å². The third-order valence-electron chi connectivity index (χ3n) is 5.98. The van der Waals surface area contributed by atoms with E-state index in [1.165, 1.54) is 11.0 Å². The van der Waals surface area contributed by atoms with Crippen LogP contribution in [0.4, 0.5) is 10.5 Å². The Kier molecular flexibility index (Phi) is 5.98. The third kappa shape index (κ3) is 4.29. The number of carbonyl (C=O) groups excluding carboxylic acids is 1. The lowest BCUT2D eigenvalue weighted by atomic mass is 9.93. The largest absolute Gasteiger partial charge is 0.454 e. The van der Waals surface area contributed by atoms with Gasteiger partial charge in [-0.2, -0.15) is 0 Å². The molecule has 0 radical (unpaired) electrons. The Balaban J connectivity index is 1.94. The number of amides is 1. The second-order valence-corrected chi connectivity index (χ2v) is 13.8. The van der Waals surface area contributed by atoms with Gasteiger partial charge in [0.25, 0.3) is 0 Å². The van der Waals surface area contributed by atoms with Gasteiger partial charge in [0.05, 0.1) is 24.4 Å². The maximum Gasteiger partial charge on any atom is 0.415 e. The predicted octanol–water partition coefficient (Wildman–Crippen LogP) is 3.85. The standard InChI is InChI=1S/C21H31NO6Si/c1-7-8-25-20(24)22-15-11-19-18(26-13-27-19)10-14(15)9-17(23)16(22)12-28-29(5,6)21(2,3)4/h7,10-11,16-17,23H,1,8-9,12-13H2,2-6H3/t16-,17+/m1/s1. The maximum absolute atomic E-state index is 12.9. The molecule has 2 atom stereocenters. The first kappa shape index (κ1) is 21.7. The summed E-state index contributed by atoms with van der Waals surface area (Å²) in [4.78, 5) is 14.4. The normalized spacial score (nSPS) is 21.0. The van der Waals surface area contributed by atoms with Gasteiger partial charge < -0.3 is 23.7 Å². The number of hydrogen-bond donors (Lipinski definition) is 1. The van der Waals surface area contributed by atoms with E-state index in [9.17, 15) is 9.90 Å². The molecule has 7 nitrogen and oxygen atoms in total. The molecule has 0 unspecified atom stereocenters. The van der Waals surface area contributed by atoms with Gasteiger partial charge in [-0.1, -0.05) is 33.4 Å². The number of fused-ring (bicyclic) bond motifs is 2. The highest BCUT2D eigenvalue weighted by Gasteiger charge is 2.43. The number of benzene rings is 1. The lowest BCUT2D eigenvalue weighted by molar-refractivity contribution is 0.0927. The minimum atomic E-state index is -2.07. The molecule has 29 heavy (non-hydrogen) atoms. The number of aliphatic hydroxyl groups is 1. The van der Waals surface area contributed by atoms with Crippen LogP contribution in [0.5, 0.6) is 11.5 Å². The number of hydrogen-bond acceptors (Lipinski definition) is 6. The van der Waals surface area contributed by atoms with Crippen LogP contribution in [0.25, 0.3) is 0 Å². The van der Waals surface area contributed by atoms with E-state index in [0.29, 0.717) is 23.6 Å². The molecule has 0 saturated carbocycles. The first-order valence-corrected chi connectivity index (χ1v) is 12.8. The van der Waals surface area contributed by atoms with Crippen LogP contribution < -0.4 is 14.4 Å². The summed E-state index contributed by atoms with van der Waals surface area (Å²) in [5.41, 5.74) is 1.46. The lowest BCUT2D eigenvalue weighted by Crippen LogP contribution is -2.56.